The number of benzene rings is 2. The summed E-state index contributed by atoms with van der Waals surface area (Å²) in [6.45, 7) is 0. The van der Waals surface area contributed by atoms with Crippen LogP contribution in [0.3, 0.4) is 0 Å². The molecule has 0 N–H and O–H groups in total. The molecule has 2 aromatic carbocycles. The molecule has 3 rings (SSSR count). The lowest BCUT2D eigenvalue weighted by Gasteiger charge is -2.20. The lowest BCUT2D eigenvalue weighted by Crippen LogP contribution is -2.04. The van der Waals surface area contributed by atoms with Gasteiger partial charge in [0.1, 0.15) is 0 Å². The SMILES string of the molecule is ClCc1ccc2c(c1)CCc1ccccc1-2. The summed E-state index contributed by atoms with van der Waals surface area (Å²) in [4.78, 5) is 0. The zero-order valence-electron chi connectivity index (χ0n) is 9.04. The molecule has 0 amide bonds. The number of halogens is 1. The van der Waals surface area contributed by atoms with Crippen LogP contribution >= 0.6 is 11.6 Å². The Balaban J connectivity index is 2.18. The van der Waals surface area contributed by atoms with Crippen molar-refractivity contribution in [3.63, 3.8) is 0 Å². The highest BCUT2D eigenvalue weighted by atomic mass is 35.5. The molecule has 0 spiro atoms. The van der Waals surface area contributed by atoms with Crippen molar-refractivity contribution in [1.82, 2.24) is 0 Å². The second-order valence-electron chi connectivity index (χ2n) is 4.28. The molecule has 0 saturated heterocycles. The summed E-state index contributed by atoms with van der Waals surface area (Å²) in [5, 5.41) is 0. The topological polar surface area (TPSA) is 0 Å². The summed E-state index contributed by atoms with van der Waals surface area (Å²) in [7, 11) is 0. The molecule has 1 heteroatoms. The first-order chi connectivity index (χ1) is 7.88. The highest BCUT2D eigenvalue weighted by Gasteiger charge is 2.15. The third-order valence-corrected chi connectivity index (χ3v) is 3.60. The van der Waals surface area contributed by atoms with Crippen LogP contribution in [-0.2, 0) is 18.7 Å². The van der Waals surface area contributed by atoms with Crippen molar-refractivity contribution >= 4 is 11.6 Å². The first-order valence-corrected chi connectivity index (χ1v) is 6.18. The van der Waals surface area contributed by atoms with E-state index >= 15 is 0 Å². The highest BCUT2D eigenvalue weighted by Crippen LogP contribution is 2.33. The maximum absolute atomic E-state index is 5.87. The van der Waals surface area contributed by atoms with Gasteiger partial charge in [0.2, 0.25) is 0 Å². The van der Waals surface area contributed by atoms with Gasteiger partial charge in [-0.15, -0.1) is 11.6 Å². The minimum Gasteiger partial charge on any atom is -0.122 e. The Morgan fingerprint density at radius 2 is 1.62 bits per heavy atom. The predicted octanol–water partition coefficient (Wildman–Crippen LogP) is 4.19. The monoisotopic (exact) mass is 228 g/mol. The number of aryl methyl sites for hydroxylation is 2. The lowest BCUT2D eigenvalue weighted by atomic mass is 9.85. The maximum Gasteiger partial charge on any atom is 0.0474 e. The van der Waals surface area contributed by atoms with E-state index in [0.717, 1.165) is 12.8 Å². The number of fused-ring (bicyclic) bond motifs is 3. The van der Waals surface area contributed by atoms with Crippen molar-refractivity contribution in [2.45, 2.75) is 18.7 Å². The zero-order chi connectivity index (χ0) is 11.0. The molecule has 0 radical (unpaired) electrons. The normalized spacial score (nSPS) is 13.1. The second kappa shape index (κ2) is 3.95. The van der Waals surface area contributed by atoms with E-state index < -0.39 is 0 Å². The maximum atomic E-state index is 5.87. The van der Waals surface area contributed by atoms with E-state index in [1.54, 1.807) is 0 Å². The predicted molar refractivity (Wildman–Crippen MR) is 68.8 cm³/mol. The summed E-state index contributed by atoms with van der Waals surface area (Å²) in [5.74, 6) is 0.606. The second-order valence-corrected chi connectivity index (χ2v) is 4.55. The summed E-state index contributed by atoms with van der Waals surface area (Å²) in [5.41, 5.74) is 6.91. The van der Waals surface area contributed by atoms with E-state index in [1.807, 2.05) is 0 Å². The van der Waals surface area contributed by atoms with Crippen LogP contribution in [0.5, 0.6) is 0 Å². The van der Waals surface area contributed by atoms with E-state index in [2.05, 4.69) is 42.5 Å². The average Bonchev–Trinajstić information content (AvgIpc) is 2.38. The first-order valence-electron chi connectivity index (χ1n) is 5.64. The highest BCUT2D eigenvalue weighted by molar-refractivity contribution is 6.17. The van der Waals surface area contributed by atoms with Gasteiger partial charge in [-0.3, -0.25) is 0 Å². The molecule has 0 aliphatic heterocycles. The molecule has 0 nitrogen and oxygen atoms in total. The van der Waals surface area contributed by atoms with Crippen LogP contribution in [0.15, 0.2) is 42.5 Å². The van der Waals surface area contributed by atoms with Gasteiger partial charge in [0.05, 0.1) is 0 Å². The molecule has 0 aromatic heterocycles. The van der Waals surface area contributed by atoms with Crippen LogP contribution in [0.1, 0.15) is 16.7 Å². The van der Waals surface area contributed by atoms with Gasteiger partial charge in [0.25, 0.3) is 0 Å². The molecule has 16 heavy (non-hydrogen) atoms. The van der Waals surface area contributed by atoms with Crippen molar-refractivity contribution < 1.29 is 0 Å². The fourth-order valence-corrected chi connectivity index (χ4v) is 2.64. The summed E-state index contributed by atoms with van der Waals surface area (Å²) < 4.78 is 0. The average molecular weight is 229 g/mol. The standard InChI is InChI=1S/C15H13Cl/c16-10-11-5-8-15-13(9-11)7-6-12-3-1-2-4-14(12)15/h1-5,8-9H,6-7,10H2. The van der Waals surface area contributed by atoms with Crippen molar-refractivity contribution in [3.8, 4) is 11.1 Å². The van der Waals surface area contributed by atoms with Crippen LogP contribution in [0.4, 0.5) is 0 Å². The Morgan fingerprint density at radius 3 is 2.50 bits per heavy atom. The smallest absolute Gasteiger partial charge is 0.0474 e. The van der Waals surface area contributed by atoms with Crippen molar-refractivity contribution in [2.24, 2.45) is 0 Å². The summed E-state index contributed by atoms with van der Waals surface area (Å²) >= 11 is 5.87. The molecule has 1 aliphatic carbocycles. The summed E-state index contributed by atoms with van der Waals surface area (Å²) in [6, 6.07) is 15.3. The van der Waals surface area contributed by atoms with E-state index in [0.29, 0.717) is 5.88 Å². The Bertz CT molecular complexity index is 529. The third kappa shape index (κ3) is 1.54. The van der Waals surface area contributed by atoms with E-state index in [4.69, 9.17) is 11.6 Å². The van der Waals surface area contributed by atoms with Crippen LogP contribution in [-0.4, -0.2) is 0 Å². The first kappa shape index (κ1) is 9.92. The third-order valence-electron chi connectivity index (χ3n) is 3.30. The molecule has 0 atom stereocenters. The molecule has 0 unspecified atom stereocenters. The van der Waals surface area contributed by atoms with Crippen molar-refractivity contribution in [2.75, 3.05) is 0 Å². The quantitative estimate of drug-likeness (QED) is 0.642. The lowest BCUT2D eigenvalue weighted by molar-refractivity contribution is 0.939. The van der Waals surface area contributed by atoms with Gasteiger partial charge in [-0.1, -0.05) is 42.5 Å². The minimum atomic E-state index is 0.606. The van der Waals surface area contributed by atoms with Crippen molar-refractivity contribution in [3.05, 3.63) is 59.2 Å². The Hall–Kier alpha value is -1.27. The fourth-order valence-electron chi connectivity index (χ4n) is 2.47. The molecular formula is C15H13Cl. The zero-order valence-corrected chi connectivity index (χ0v) is 9.80. The Labute approximate surface area is 101 Å². The van der Waals surface area contributed by atoms with Gasteiger partial charge in [-0.2, -0.15) is 0 Å². The van der Waals surface area contributed by atoms with Gasteiger partial charge in [-0.05, 0) is 40.7 Å². The van der Waals surface area contributed by atoms with Crippen LogP contribution in [0, 0.1) is 0 Å². The number of rotatable bonds is 1. The number of alkyl halides is 1. The van der Waals surface area contributed by atoms with Crippen LogP contribution in [0.2, 0.25) is 0 Å². The molecule has 1 aliphatic rings. The Kier molecular flexibility index (Phi) is 2.45. The van der Waals surface area contributed by atoms with E-state index in [9.17, 15) is 0 Å². The van der Waals surface area contributed by atoms with Gasteiger partial charge in [0, 0.05) is 5.88 Å². The Morgan fingerprint density at radius 1 is 0.875 bits per heavy atom. The molecule has 0 saturated carbocycles. The van der Waals surface area contributed by atoms with E-state index in [-0.39, 0.29) is 0 Å². The van der Waals surface area contributed by atoms with E-state index in [1.165, 1.54) is 27.8 Å². The van der Waals surface area contributed by atoms with Crippen LogP contribution < -0.4 is 0 Å². The van der Waals surface area contributed by atoms with Crippen LogP contribution in [0.25, 0.3) is 11.1 Å². The number of hydrogen-bond acceptors (Lipinski definition) is 0. The molecule has 2 aromatic rings. The minimum absolute atomic E-state index is 0.606. The van der Waals surface area contributed by atoms with Gasteiger partial charge in [0.15, 0.2) is 0 Å². The van der Waals surface area contributed by atoms with Gasteiger partial charge in [-0.25, -0.2) is 0 Å². The van der Waals surface area contributed by atoms with Gasteiger partial charge < -0.3 is 0 Å². The number of hydrogen-bond donors (Lipinski definition) is 0. The molecule has 0 heterocycles. The largest absolute Gasteiger partial charge is 0.122 e. The fraction of sp³-hybridized carbons (Fsp3) is 0.200. The summed E-state index contributed by atoms with van der Waals surface area (Å²) in [6.07, 6.45) is 2.28. The molecule has 0 bridgehead atoms. The van der Waals surface area contributed by atoms with Gasteiger partial charge >= 0.3 is 0 Å². The van der Waals surface area contributed by atoms with Crippen molar-refractivity contribution in [1.29, 1.82) is 0 Å². The molecule has 0 fully saturated rings. The molecule has 80 valence electrons. The molecular weight excluding hydrogens is 216 g/mol.